The Labute approximate surface area is 83.5 Å². The number of amides is 1. The maximum Gasteiger partial charge on any atom is 1.00 e. The normalized spacial score (nSPS) is 13.5. The molecule has 1 heterocycles. The van der Waals surface area contributed by atoms with Gasteiger partial charge in [0.05, 0.1) is 6.54 Å². The molecule has 0 atom stereocenters. The predicted molar refractivity (Wildman–Crippen MR) is 40.4 cm³/mol. The van der Waals surface area contributed by atoms with E-state index in [1.807, 2.05) is 18.2 Å². The minimum atomic E-state index is -0.230. The molecule has 0 aromatic heterocycles. The second kappa shape index (κ2) is 3.66. The van der Waals surface area contributed by atoms with Crippen LogP contribution in [0.1, 0.15) is 17.3 Å². The molecule has 1 amide bonds. The van der Waals surface area contributed by atoms with E-state index in [2.05, 4.69) is 10.2 Å². The van der Waals surface area contributed by atoms with Crippen molar-refractivity contribution in [2.24, 2.45) is 10.2 Å². The number of benzene rings is 1. The average molecular weight is 154 g/mol. The van der Waals surface area contributed by atoms with E-state index < -0.39 is 0 Å². The zero-order valence-electron chi connectivity index (χ0n) is 7.82. The van der Waals surface area contributed by atoms with Crippen LogP contribution in [0.2, 0.25) is 0 Å². The molecule has 0 saturated heterocycles. The standard InChI is InChI=1S/C8H6N2O.Li.H/c11-8-7-4-2-1-3-6(7)5-9-10-8;;/h1-4H,5H2;;/q;+1;-1. The minimum Gasteiger partial charge on any atom is -1.00 e. The van der Waals surface area contributed by atoms with Gasteiger partial charge in [0.2, 0.25) is 0 Å². The Hall–Kier alpha value is -0.913. The molecule has 0 aliphatic carbocycles. The van der Waals surface area contributed by atoms with E-state index in [1.165, 1.54) is 0 Å². The first-order valence-electron chi connectivity index (χ1n) is 3.37. The molecule has 0 radical (unpaired) electrons. The van der Waals surface area contributed by atoms with Crippen molar-refractivity contribution in [3.63, 3.8) is 0 Å². The summed E-state index contributed by atoms with van der Waals surface area (Å²) in [6.07, 6.45) is 0. The van der Waals surface area contributed by atoms with Gasteiger partial charge in [-0.15, -0.1) is 5.11 Å². The van der Waals surface area contributed by atoms with Gasteiger partial charge in [0.1, 0.15) is 0 Å². The van der Waals surface area contributed by atoms with Crippen molar-refractivity contribution < 1.29 is 25.1 Å². The summed E-state index contributed by atoms with van der Waals surface area (Å²) in [6, 6.07) is 7.39. The Kier molecular flexibility index (Phi) is 2.80. The van der Waals surface area contributed by atoms with Crippen molar-refractivity contribution in [1.82, 2.24) is 0 Å². The molecular weight excluding hydrogens is 147 g/mol. The Morgan fingerprint density at radius 2 is 2.08 bits per heavy atom. The monoisotopic (exact) mass is 154 g/mol. The average Bonchev–Trinajstić information content (AvgIpc) is 2.06. The zero-order chi connectivity index (χ0) is 7.68. The van der Waals surface area contributed by atoms with E-state index in [9.17, 15) is 4.79 Å². The number of rotatable bonds is 0. The van der Waals surface area contributed by atoms with Gasteiger partial charge in [0.25, 0.3) is 5.91 Å². The minimum absolute atomic E-state index is 0. The molecule has 12 heavy (non-hydrogen) atoms. The van der Waals surface area contributed by atoms with Gasteiger partial charge < -0.3 is 1.43 Å². The van der Waals surface area contributed by atoms with Gasteiger partial charge in [-0.3, -0.25) is 4.79 Å². The molecule has 2 rings (SSSR count). The number of carbonyl (C=O) groups is 1. The van der Waals surface area contributed by atoms with E-state index in [4.69, 9.17) is 0 Å². The summed E-state index contributed by atoms with van der Waals surface area (Å²) in [5.41, 5.74) is 1.65. The van der Waals surface area contributed by atoms with E-state index in [1.54, 1.807) is 6.07 Å². The first-order chi connectivity index (χ1) is 5.38. The third kappa shape index (κ3) is 1.47. The van der Waals surface area contributed by atoms with Crippen molar-refractivity contribution in [1.29, 1.82) is 0 Å². The molecule has 3 nitrogen and oxygen atoms in total. The van der Waals surface area contributed by atoms with Crippen molar-refractivity contribution >= 4 is 5.91 Å². The molecule has 0 N–H and O–H groups in total. The zero-order valence-corrected chi connectivity index (χ0v) is 6.82. The molecule has 1 aromatic rings. The van der Waals surface area contributed by atoms with Crippen LogP contribution in [0.15, 0.2) is 34.5 Å². The van der Waals surface area contributed by atoms with Crippen molar-refractivity contribution in [2.75, 3.05) is 0 Å². The van der Waals surface area contributed by atoms with E-state index in [-0.39, 0.29) is 26.2 Å². The number of carbonyl (C=O) groups excluding carboxylic acids is 1. The van der Waals surface area contributed by atoms with Crippen LogP contribution in [0.4, 0.5) is 0 Å². The molecule has 56 valence electrons. The van der Waals surface area contributed by atoms with E-state index >= 15 is 0 Å². The van der Waals surface area contributed by atoms with Crippen LogP contribution >= 0.6 is 0 Å². The molecule has 0 bridgehead atoms. The first kappa shape index (κ1) is 9.18. The number of azo groups is 1. The fraction of sp³-hybridized carbons (Fsp3) is 0.125. The Morgan fingerprint density at radius 3 is 2.83 bits per heavy atom. The summed E-state index contributed by atoms with van der Waals surface area (Å²) >= 11 is 0. The molecule has 0 fully saturated rings. The first-order valence-corrected chi connectivity index (χ1v) is 3.37. The van der Waals surface area contributed by atoms with Crippen molar-refractivity contribution in [3.8, 4) is 0 Å². The summed E-state index contributed by atoms with van der Waals surface area (Å²) < 4.78 is 0. The molecular formula is C8H7LiN2O. The van der Waals surface area contributed by atoms with Crippen LogP contribution in [-0.4, -0.2) is 5.91 Å². The summed E-state index contributed by atoms with van der Waals surface area (Å²) in [5.74, 6) is -0.230. The predicted octanol–water partition coefficient (Wildman–Crippen LogP) is -1.09. The Bertz CT molecular complexity index is 341. The molecule has 0 saturated carbocycles. The largest absolute Gasteiger partial charge is 1.00 e. The van der Waals surface area contributed by atoms with Gasteiger partial charge >= 0.3 is 18.9 Å². The van der Waals surface area contributed by atoms with Crippen molar-refractivity contribution in [3.05, 3.63) is 35.4 Å². The van der Waals surface area contributed by atoms with Crippen molar-refractivity contribution in [2.45, 2.75) is 6.54 Å². The topological polar surface area (TPSA) is 41.8 Å². The molecule has 0 unspecified atom stereocenters. The third-order valence-corrected chi connectivity index (χ3v) is 1.65. The number of hydrogen-bond acceptors (Lipinski definition) is 2. The summed E-state index contributed by atoms with van der Waals surface area (Å²) in [6.45, 7) is 0.530. The fourth-order valence-corrected chi connectivity index (χ4v) is 1.10. The van der Waals surface area contributed by atoms with Crippen LogP contribution in [0.25, 0.3) is 0 Å². The van der Waals surface area contributed by atoms with Gasteiger partial charge in [-0.1, -0.05) is 18.2 Å². The Morgan fingerprint density at radius 1 is 1.33 bits per heavy atom. The number of hydrogen-bond donors (Lipinski definition) is 0. The van der Waals surface area contributed by atoms with Crippen LogP contribution in [-0.2, 0) is 6.54 Å². The number of nitrogens with zero attached hydrogens (tertiary/aromatic N) is 2. The maximum atomic E-state index is 11.0. The quantitative estimate of drug-likeness (QED) is 0.438. The second-order valence-electron chi connectivity index (χ2n) is 2.36. The molecule has 1 aromatic carbocycles. The van der Waals surface area contributed by atoms with Gasteiger partial charge in [-0.2, -0.15) is 5.11 Å². The smallest absolute Gasteiger partial charge is 1.00 e. The van der Waals surface area contributed by atoms with Gasteiger partial charge in [0.15, 0.2) is 0 Å². The summed E-state index contributed by atoms with van der Waals surface area (Å²) in [4.78, 5) is 11.0. The summed E-state index contributed by atoms with van der Waals surface area (Å²) in [7, 11) is 0. The Balaban J connectivity index is 0.000000720. The van der Waals surface area contributed by atoms with Crippen LogP contribution in [0, 0.1) is 0 Å². The van der Waals surface area contributed by atoms with Gasteiger partial charge in [0, 0.05) is 5.56 Å². The SMILES string of the molecule is O=C1N=NCc2ccccc21.[H-].[Li+]. The third-order valence-electron chi connectivity index (χ3n) is 1.65. The molecule has 0 spiro atoms. The summed E-state index contributed by atoms with van der Waals surface area (Å²) in [5, 5.41) is 7.13. The number of fused-ring (bicyclic) bond motifs is 1. The van der Waals surface area contributed by atoms with E-state index in [0.717, 1.165) is 5.56 Å². The van der Waals surface area contributed by atoms with E-state index in [0.29, 0.717) is 12.1 Å². The maximum absolute atomic E-state index is 11.0. The van der Waals surface area contributed by atoms with Gasteiger partial charge in [-0.05, 0) is 11.6 Å². The van der Waals surface area contributed by atoms with Crippen LogP contribution in [0.5, 0.6) is 0 Å². The molecule has 1 aliphatic heterocycles. The molecule has 4 heteroatoms. The fourth-order valence-electron chi connectivity index (χ4n) is 1.10. The second-order valence-corrected chi connectivity index (χ2v) is 2.36. The van der Waals surface area contributed by atoms with Crippen LogP contribution < -0.4 is 18.9 Å². The van der Waals surface area contributed by atoms with Gasteiger partial charge in [-0.25, -0.2) is 0 Å². The van der Waals surface area contributed by atoms with Crippen LogP contribution in [0.3, 0.4) is 0 Å². The molecule has 1 aliphatic rings.